The predicted octanol–water partition coefficient (Wildman–Crippen LogP) is 2.34. The minimum atomic E-state index is -3.11. The van der Waals surface area contributed by atoms with Crippen LogP contribution in [-0.4, -0.2) is 96.4 Å². The third-order valence-corrected chi connectivity index (χ3v) is 6.89. The second kappa shape index (κ2) is 24.3. The van der Waals surface area contributed by atoms with Gasteiger partial charge in [-0.1, -0.05) is 93.0 Å². The minimum absolute atomic E-state index is 0.186. The van der Waals surface area contributed by atoms with Crippen LogP contribution in [0.3, 0.4) is 0 Å². The van der Waals surface area contributed by atoms with Crippen LogP contribution >= 0.6 is 12.6 Å². The molecule has 0 aromatic carbocycles. The number of unbranched alkanes of at least 4 members (excludes halogenated alkanes) is 3. The average Bonchev–Trinajstić information content (AvgIpc) is 2.99. The summed E-state index contributed by atoms with van der Waals surface area (Å²) < 4.78 is 0. The third kappa shape index (κ3) is 18.1. The number of carboxylic acids is 3. The molecule has 0 radical (unpaired) electrons. The number of amides is 2. The van der Waals surface area contributed by atoms with Gasteiger partial charge in [-0.3, -0.25) is 20.1 Å². The summed E-state index contributed by atoms with van der Waals surface area (Å²) >= 11 is 4.23. The molecule has 0 heterocycles. The lowest BCUT2D eigenvalue weighted by molar-refractivity contribution is -0.173. The maximum atomic E-state index is 13.5. The first kappa shape index (κ1) is 42.0. The van der Waals surface area contributed by atoms with Gasteiger partial charge in [-0.2, -0.15) is 12.6 Å². The Morgan fingerprint density at radius 1 is 0.870 bits per heavy atom. The third-order valence-electron chi connectivity index (χ3n) is 6.55. The normalized spacial score (nSPS) is 15.6. The van der Waals surface area contributed by atoms with E-state index in [1.54, 1.807) is 30.4 Å². The van der Waals surface area contributed by atoms with E-state index in [1.807, 2.05) is 37.3 Å². The van der Waals surface area contributed by atoms with Gasteiger partial charge in [0.2, 0.25) is 17.5 Å². The molecule has 46 heavy (non-hydrogen) atoms. The largest absolute Gasteiger partial charge is 0.480 e. The fraction of sp³-hybridized carbons (Fsp3) is 0.469. The number of hydrogen-bond donors (Lipinski definition) is 8. The quantitative estimate of drug-likeness (QED) is 0.0245. The highest BCUT2D eigenvalue weighted by Gasteiger charge is 2.43. The number of aliphatic carboxylic acids is 3. The number of allylic oxidation sites excluding steroid dienone is 11. The number of nitrogens with one attached hydrogen (secondary N) is 1. The standard InChI is InChI=1S/C32H47N3O10S/c1-2-3-15-18-24(19-16-13-11-9-7-5-4-6-8-10-12-14-17-20-28(38)39)35(25(23-46)30(42)34-22-29(40)41)27(37)21-26(36)32(33,45)31(43)44/h4-12,14,17,20,24-26,36,45-46H,2-3,13,15-16,18-19,21-23,33H2,1H3,(H,34,42)(H,38,39)(H,40,41)(H,43,44)/b6-4+,7-5+,10-8+,11-9+,14-12+,20-17+. The van der Waals surface area contributed by atoms with Gasteiger partial charge in [0.05, 0.1) is 6.42 Å². The first-order valence-corrected chi connectivity index (χ1v) is 15.5. The highest BCUT2D eigenvalue weighted by molar-refractivity contribution is 7.80. The van der Waals surface area contributed by atoms with Crippen LogP contribution in [0.5, 0.6) is 0 Å². The number of thiol groups is 1. The number of aliphatic hydroxyl groups excluding tert-OH is 1. The molecule has 0 saturated carbocycles. The molecule has 0 saturated heterocycles. The van der Waals surface area contributed by atoms with E-state index in [4.69, 9.17) is 21.1 Å². The molecule has 0 aliphatic rings. The maximum Gasteiger partial charge on any atom is 0.353 e. The molecule has 0 aromatic heterocycles. The van der Waals surface area contributed by atoms with Crippen molar-refractivity contribution in [3.05, 3.63) is 72.9 Å². The number of nitrogens with zero attached hydrogens (tertiary/aromatic N) is 1. The van der Waals surface area contributed by atoms with Crippen molar-refractivity contribution in [2.75, 3.05) is 12.3 Å². The van der Waals surface area contributed by atoms with Gasteiger partial charge in [0.15, 0.2) is 0 Å². The molecule has 4 atom stereocenters. The van der Waals surface area contributed by atoms with Gasteiger partial charge < -0.3 is 35.7 Å². The zero-order valence-corrected chi connectivity index (χ0v) is 26.9. The second-order valence-electron chi connectivity index (χ2n) is 10.2. The van der Waals surface area contributed by atoms with Crippen molar-refractivity contribution in [3.8, 4) is 0 Å². The number of carbonyl (C=O) groups is 5. The smallest absolute Gasteiger partial charge is 0.353 e. The lowest BCUT2D eigenvalue weighted by Gasteiger charge is -2.38. The van der Waals surface area contributed by atoms with Gasteiger partial charge in [0.25, 0.3) is 0 Å². The van der Waals surface area contributed by atoms with Crippen molar-refractivity contribution in [2.45, 2.75) is 82.2 Å². The van der Waals surface area contributed by atoms with E-state index in [-0.39, 0.29) is 5.75 Å². The molecule has 8 N–H and O–H groups in total. The van der Waals surface area contributed by atoms with Crippen molar-refractivity contribution in [1.82, 2.24) is 10.2 Å². The number of aliphatic hydroxyl groups is 2. The maximum absolute atomic E-state index is 13.5. The Balaban J connectivity index is 5.69. The van der Waals surface area contributed by atoms with Crippen LogP contribution in [0.15, 0.2) is 72.9 Å². The molecule has 0 rings (SSSR count). The predicted molar refractivity (Wildman–Crippen MR) is 177 cm³/mol. The van der Waals surface area contributed by atoms with E-state index in [1.165, 1.54) is 11.0 Å². The summed E-state index contributed by atoms with van der Waals surface area (Å²) in [6, 6.07) is -1.78. The zero-order valence-electron chi connectivity index (χ0n) is 26.0. The Bertz CT molecular complexity index is 1160. The molecule has 0 aromatic rings. The molecule has 14 heteroatoms. The Morgan fingerprint density at radius 2 is 1.41 bits per heavy atom. The molecular formula is C32H47N3O10S. The van der Waals surface area contributed by atoms with Gasteiger partial charge in [-0.25, -0.2) is 9.59 Å². The van der Waals surface area contributed by atoms with Crippen molar-refractivity contribution in [1.29, 1.82) is 0 Å². The van der Waals surface area contributed by atoms with E-state index >= 15 is 0 Å². The Hall–Kier alpha value is -3.98. The van der Waals surface area contributed by atoms with Crippen LogP contribution in [0.1, 0.15) is 58.3 Å². The SMILES string of the molecule is CCCCCC(CCC/C=C/C=C/C=C/C=C/C=C/C=C/C(=O)O)N(C(=O)CC(O)C(N)(O)C(=O)O)C(CS)C(=O)NCC(=O)O. The summed E-state index contributed by atoms with van der Waals surface area (Å²) in [4.78, 5) is 60.4. The average molecular weight is 666 g/mol. The second-order valence-corrected chi connectivity index (χ2v) is 10.6. The number of rotatable bonds is 24. The van der Waals surface area contributed by atoms with Gasteiger partial charge in [0.1, 0.15) is 18.7 Å². The fourth-order valence-electron chi connectivity index (χ4n) is 4.13. The van der Waals surface area contributed by atoms with Crippen LogP contribution in [0.25, 0.3) is 0 Å². The van der Waals surface area contributed by atoms with Crippen molar-refractivity contribution in [3.63, 3.8) is 0 Å². The van der Waals surface area contributed by atoms with Gasteiger partial charge in [-0.05, 0) is 25.7 Å². The van der Waals surface area contributed by atoms with Crippen molar-refractivity contribution < 1.29 is 49.5 Å². The van der Waals surface area contributed by atoms with Crippen LogP contribution < -0.4 is 11.1 Å². The minimum Gasteiger partial charge on any atom is -0.480 e. The summed E-state index contributed by atoms with van der Waals surface area (Å²) in [6.45, 7) is 1.31. The lowest BCUT2D eigenvalue weighted by atomic mass is 9.97. The highest BCUT2D eigenvalue weighted by atomic mass is 32.1. The Kier molecular flexibility index (Phi) is 22.2. The van der Waals surface area contributed by atoms with Crippen molar-refractivity contribution in [2.24, 2.45) is 5.73 Å². The summed E-state index contributed by atoms with van der Waals surface area (Å²) in [5.74, 6) is -6.04. The first-order valence-electron chi connectivity index (χ1n) is 14.9. The fourth-order valence-corrected chi connectivity index (χ4v) is 4.47. The molecule has 4 unspecified atom stereocenters. The van der Waals surface area contributed by atoms with E-state index in [9.17, 15) is 34.2 Å². The monoisotopic (exact) mass is 665 g/mol. The summed E-state index contributed by atoms with van der Waals surface area (Å²) in [5, 5.41) is 49.2. The Labute approximate surface area is 274 Å². The number of hydrogen-bond acceptors (Lipinski definition) is 9. The van der Waals surface area contributed by atoms with Gasteiger partial charge in [0, 0.05) is 17.9 Å². The van der Waals surface area contributed by atoms with Gasteiger partial charge in [-0.15, -0.1) is 0 Å². The van der Waals surface area contributed by atoms with Crippen molar-refractivity contribution >= 4 is 42.4 Å². The Morgan fingerprint density at radius 3 is 1.91 bits per heavy atom. The molecular weight excluding hydrogens is 618 g/mol. The van der Waals surface area contributed by atoms with E-state index in [0.29, 0.717) is 32.1 Å². The summed E-state index contributed by atoms with van der Waals surface area (Å²) in [5.41, 5.74) is 2.20. The van der Waals surface area contributed by atoms with Gasteiger partial charge >= 0.3 is 17.9 Å². The molecule has 256 valence electrons. The van der Waals surface area contributed by atoms with E-state index in [2.05, 4.69) is 17.9 Å². The number of nitrogens with two attached hydrogens (primary N) is 1. The summed E-state index contributed by atoms with van der Waals surface area (Å²) in [6.07, 6.45) is 21.7. The highest BCUT2D eigenvalue weighted by Crippen LogP contribution is 2.23. The van der Waals surface area contributed by atoms with Crippen LogP contribution in [0.2, 0.25) is 0 Å². The lowest BCUT2D eigenvalue weighted by Crippen LogP contribution is -2.60. The van der Waals surface area contributed by atoms with Crippen LogP contribution in [0, 0.1) is 0 Å². The summed E-state index contributed by atoms with van der Waals surface area (Å²) in [7, 11) is 0. The molecule has 0 fully saturated rings. The van der Waals surface area contributed by atoms with E-state index in [0.717, 1.165) is 18.9 Å². The topological polar surface area (TPSA) is 228 Å². The zero-order chi connectivity index (χ0) is 35.0. The van der Waals surface area contributed by atoms with E-state index < -0.39 is 66.6 Å². The van der Waals surface area contributed by atoms with Crippen LogP contribution in [-0.2, 0) is 24.0 Å². The molecule has 0 bridgehead atoms. The molecule has 0 spiro atoms. The molecule has 13 nitrogen and oxygen atoms in total. The molecule has 0 aliphatic carbocycles. The number of carboxylic acid groups (broad SMARTS) is 3. The van der Waals surface area contributed by atoms with Crippen LogP contribution in [0.4, 0.5) is 0 Å². The molecule has 0 aliphatic heterocycles. The molecule has 2 amide bonds. The first-order chi connectivity index (χ1) is 21.8. The number of carbonyl (C=O) groups excluding carboxylic acids is 2.